The van der Waals surface area contributed by atoms with Gasteiger partial charge >= 0.3 is 0 Å². The molecule has 5 nitrogen and oxygen atoms in total. The van der Waals surface area contributed by atoms with Crippen molar-refractivity contribution < 1.29 is 4.79 Å². The highest BCUT2D eigenvalue weighted by molar-refractivity contribution is 5.96. The zero-order chi connectivity index (χ0) is 12.2. The molecule has 0 radical (unpaired) electrons. The molecule has 3 N–H and O–H groups in total. The number of nitrogens with zero attached hydrogens (tertiary/aromatic N) is 2. The summed E-state index contributed by atoms with van der Waals surface area (Å²) in [5, 5.41) is 6.88. The van der Waals surface area contributed by atoms with Gasteiger partial charge in [0.1, 0.15) is 5.82 Å². The molecule has 0 aliphatic rings. The number of hydrogen-bond acceptors (Lipinski definition) is 3. The molecule has 1 aromatic rings. The molecule has 1 atom stereocenters. The van der Waals surface area contributed by atoms with E-state index in [4.69, 9.17) is 5.73 Å². The molecule has 1 heterocycles. The minimum absolute atomic E-state index is 0. The number of nitrogens with one attached hydrogen (secondary N) is 1. The average molecular weight is 261 g/mol. The SMILES string of the molecule is CCCC(C)(N)C(=O)Nc1ccnn1CC.Cl. The summed E-state index contributed by atoms with van der Waals surface area (Å²) >= 11 is 0. The number of hydrogen-bond donors (Lipinski definition) is 2. The Kier molecular flexibility index (Phi) is 6.20. The number of anilines is 1. The van der Waals surface area contributed by atoms with Crippen LogP contribution in [0.2, 0.25) is 0 Å². The number of aryl methyl sites for hydroxylation is 1. The van der Waals surface area contributed by atoms with Crippen molar-refractivity contribution in [3.8, 4) is 0 Å². The van der Waals surface area contributed by atoms with Crippen LogP contribution in [0.1, 0.15) is 33.6 Å². The van der Waals surface area contributed by atoms with Crippen molar-refractivity contribution in [3.63, 3.8) is 0 Å². The first kappa shape index (κ1) is 15.9. The number of carbonyl (C=O) groups is 1. The lowest BCUT2D eigenvalue weighted by Crippen LogP contribution is -2.48. The Morgan fingerprint density at radius 3 is 2.76 bits per heavy atom. The van der Waals surface area contributed by atoms with Crippen LogP contribution in [0.3, 0.4) is 0 Å². The number of aromatic nitrogens is 2. The lowest BCUT2D eigenvalue weighted by molar-refractivity contribution is -0.120. The van der Waals surface area contributed by atoms with E-state index < -0.39 is 5.54 Å². The summed E-state index contributed by atoms with van der Waals surface area (Å²) in [7, 11) is 0. The predicted octanol–water partition coefficient (Wildman–Crippen LogP) is 1.78. The van der Waals surface area contributed by atoms with Crippen LogP contribution >= 0.6 is 12.4 Å². The highest BCUT2D eigenvalue weighted by atomic mass is 35.5. The van der Waals surface area contributed by atoms with Crippen molar-refractivity contribution >= 4 is 24.1 Å². The van der Waals surface area contributed by atoms with Gasteiger partial charge in [-0.15, -0.1) is 12.4 Å². The van der Waals surface area contributed by atoms with Gasteiger partial charge in [0.2, 0.25) is 5.91 Å². The van der Waals surface area contributed by atoms with Gasteiger partial charge in [0, 0.05) is 12.6 Å². The number of carbonyl (C=O) groups excluding carboxylic acids is 1. The van der Waals surface area contributed by atoms with Gasteiger partial charge < -0.3 is 11.1 Å². The number of amides is 1. The van der Waals surface area contributed by atoms with Crippen LogP contribution in [-0.4, -0.2) is 21.2 Å². The maximum absolute atomic E-state index is 11.9. The molecular weight excluding hydrogens is 240 g/mol. The van der Waals surface area contributed by atoms with Crippen molar-refractivity contribution in [3.05, 3.63) is 12.3 Å². The van der Waals surface area contributed by atoms with Gasteiger partial charge in [0.25, 0.3) is 0 Å². The van der Waals surface area contributed by atoms with E-state index in [0.29, 0.717) is 12.2 Å². The van der Waals surface area contributed by atoms with Gasteiger partial charge in [-0.2, -0.15) is 5.10 Å². The maximum atomic E-state index is 11.9. The Bertz CT molecular complexity index is 362. The second-order valence-electron chi connectivity index (χ2n) is 4.15. The van der Waals surface area contributed by atoms with E-state index in [2.05, 4.69) is 10.4 Å². The van der Waals surface area contributed by atoms with Crippen LogP contribution in [0.4, 0.5) is 5.82 Å². The summed E-state index contributed by atoms with van der Waals surface area (Å²) in [6.07, 6.45) is 3.21. The molecular formula is C11H21ClN4O. The molecule has 0 saturated heterocycles. The zero-order valence-electron chi connectivity index (χ0n) is 10.6. The van der Waals surface area contributed by atoms with E-state index in [9.17, 15) is 4.79 Å². The third-order valence-corrected chi connectivity index (χ3v) is 2.55. The number of nitrogens with two attached hydrogens (primary N) is 1. The number of rotatable bonds is 5. The third-order valence-electron chi connectivity index (χ3n) is 2.55. The first-order valence-corrected chi connectivity index (χ1v) is 5.63. The monoisotopic (exact) mass is 260 g/mol. The third kappa shape index (κ3) is 4.02. The minimum atomic E-state index is -0.822. The van der Waals surface area contributed by atoms with Gasteiger partial charge in [-0.25, -0.2) is 4.68 Å². The van der Waals surface area contributed by atoms with Crippen LogP contribution < -0.4 is 11.1 Å². The van der Waals surface area contributed by atoms with E-state index in [-0.39, 0.29) is 18.3 Å². The minimum Gasteiger partial charge on any atom is -0.318 e. The molecule has 0 aliphatic heterocycles. The van der Waals surface area contributed by atoms with E-state index in [1.165, 1.54) is 0 Å². The Morgan fingerprint density at radius 1 is 1.59 bits per heavy atom. The topological polar surface area (TPSA) is 72.9 Å². The molecule has 1 rings (SSSR count). The van der Waals surface area contributed by atoms with E-state index in [1.807, 2.05) is 13.8 Å². The smallest absolute Gasteiger partial charge is 0.245 e. The van der Waals surface area contributed by atoms with Gasteiger partial charge in [0.15, 0.2) is 0 Å². The Morgan fingerprint density at radius 2 is 2.24 bits per heavy atom. The fourth-order valence-electron chi connectivity index (χ4n) is 1.58. The molecule has 17 heavy (non-hydrogen) atoms. The van der Waals surface area contributed by atoms with Crippen LogP contribution in [0, 0.1) is 0 Å². The summed E-state index contributed by atoms with van der Waals surface area (Å²) < 4.78 is 1.72. The standard InChI is InChI=1S/C11H20N4O.ClH/c1-4-7-11(3,12)10(16)14-9-6-8-13-15(9)5-2;/h6,8H,4-5,7,12H2,1-3H3,(H,14,16);1H. The summed E-state index contributed by atoms with van der Waals surface area (Å²) in [4.78, 5) is 11.9. The van der Waals surface area contributed by atoms with Gasteiger partial charge in [0.05, 0.1) is 11.7 Å². The van der Waals surface area contributed by atoms with E-state index in [0.717, 1.165) is 13.0 Å². The Labute approximate surface area is 108 Å². The van der Waals surface area contributed by atoms with Gasteiger partial charge in [-0.3, -0.25) is 4.79 Å². The molecule has 1 aromatic heterocycles. The molecule has 0 aliphatic carbocycles. The largest absolute Gasteiger partial charge is 0.318 e. The van der Waals surface area contributed by atoms with Crippen LogP contribution in [0.25, 0.3) is 0 Å². The predicted molar refractivity (Wildman–Crippen MR) is 71.3 cm³/mol. The molecule has 0 bridgehead atoms. The normalized spacial score (nSPS) is 13.6. The van der Waals surface area contributed by atoms with Crippen molar-refractivity contribution in [1.29, 1.82) is 0 Å². The molecule has 1 amide bonds. The van der Waals surface area contributed by atoms with E-state index in [1.54, 1.807) is 23.9 Å². The Hall–Kier alpha value is -1.07. The molecule has 98 valence electrons. The lowest BCUT2D eigenvalue weighted by atomic mass is 9.97. The highest BCUT2D eigenvalue weighted by Gasteiger charge is 2.27. The maximum Gasteiger partial charge on any atom is 0.245 e. The summed E-state index contributed by atoms with van der Waals surface area (Å²) in [5.74, 6) is 0.532. The Balaban J connectivity index is 0.00000256. The first-order valence-electron chi connectivity index (χ1n) is 5.63. The van der Waals surface area contributed by atoms with E-state index >= 15 is 0 Å². The second-order valence-corrected chi connectivity index (χ2v) is 4.15. The zero-order valence-corrected chi connectivity index (χ0v) is 11.4. The fourth-order valence-corrected chi connectivity index (χ4v) is 1.58. The van der Waals surface area contributed by atoms with Crippen LogP contribution in [0.15, 0.2) is 12.3 Å². The average Bonchev–Trinajstić information content (AvgIpc) is 2.65. The molecule has 0 saturated carbocycles. The van der Waals surface area contributed by atoms with Crippen molar-refractivity contribution in [1.82, 2.24) is 9.78 Å². The van der Waals surface area contributed by atoms with Crippen molar-refractivity contribution in [2.24, 2.45) is 5.73 Å². The van der Waals surface area contributed by atoms with Gasteiger partial charge in [-0.1, -0.05) is 13.3 Å². The van der Waals surface area contributed by atoms with Crippen molar-refractivity contribution in [2.45, 2.75) is 45.7 Å². The van der Waals surface area contributed by atoms with Crippen LogP contribution in [-0.2, 0) is 11.3 Å². The molecule has 0 aromatic carbocycles. The van der Waals surface area contributed by atoms with Gasteiger partial charge in [-0.05, 0) is 20.3 Å². The summed E-state index contributed by atoms with van der Waals surface area (Å²) in [6.45, 7) is 6.45. The molecule has 1 unspecified atom stereocenters. The molecule has 0 fully saturated rings. The van der Waals surface area contributed by atoms with Crippen molar-refractivity contribution in [2.75, 3.05) is 5.32 Å². The summed E-state index contributed by atoms with van der Waals surface area (Å²) in [6, 6.07) is 1.77. The number of halogens is 1. The summed E-state index contributed by atoms with van der Waals surface area (Å²) in [5.41, 5.74) is 5.12. The second kappa shape index (κ2) is 6.61. The molecule has 0 spiro atoms. The fraction of sp³-hybridized carbons (Fsp3) is 0.636. The molecule has 6 heteroatoms. The first-order chi connectivity index (χ1) is 7.51. The highest BCUT2D eigenvalue weighted by Crippen LogP contribution is 2.13. The van der Waals surface area contributed by atoms with Crippen LogP contribution in [0.5, 0.6) is 0 Å². The lowest BCUT2D eigenvalue weighted by Gasteiger charge is -2.22. The quantitative estimate of drug-likeness (QED) is 0.848.